The molecule has 0 atom stereocenters. The van der Waals surface area contributed by atoms with Gasteiger partial charge in [0.15, 0.2) is 11.5 Å². The number of carbonyl (C=O) groups is 1. The number of ether oxygens (including phenoxy) is 1. The number of hydrogen-bond acceptors (Lipinski definition) is 5. The minimum Gasteiger partial charge on any atom is -0.504 e. The maximum absolute atomic E-state index is 12.1. The molecule has 1 aromatic rings. The second-order valence-corrected chi connectivity index (χ2v) is 3.60. The maximum atomic E-state index is 12.1. The van der Waals surface area contributed by atoms with E-state index in [0.717, 1.165) is 0 Å². The van der Waals surface area contributed by atoms with E-state index in [0.29, 0.717) is 0 Å². The number of hydrogen-bond donors (Lipinski definition) is 3. The van der Waals surface area contributed by atoms with Crippen molar-refractivity contribution in [3.63, 3.8) is 0 Å². The number of aliphatic hydroxyl groups is 2. The summed E-state index contributed by atoms with van der Waals surface area (Å²) in [6.07, 6.45) is 0. The van der Waals surface area contributed by atoms with Gasteiger partial charge in [-0.05, 0) is 12.1 Å². The van der Waals surface area contributed by atoms with Gasteiger partial charge in [-0.25, -0.2) is 0 Å². The lowest BCUT2D eigenvalue weighted by Gasteiger charge is -2.21. The van der Waals surface area contributed by atoms with Crippen LogP contribution in [-0.2, 0) is 0 Å². The predicted octanol–water partition coefficient (Wildman–Crippen LogP) is -0.172. The highest BCUT2D eigenvalue weighted by molar-refractivity contribution is 5.97. The molecular formula is C12H17NO5. The van der Waals surface area contributed by atoms with Crippen LogP contribution in [0.15, 0.2) is 18.2 Å². The molecule has 0 unspecified atom stereocenters. The second-order valence-electron chi connectivity index (χ2n) is 3.60. The number of rotatable bonds is 6. The molecule has 0 heterocycles. The van der Waals surface area contributed by atoms with Gasteiger partial charge < -0.3 is 25.0 Å². The quantitative estimate of drug-likeness (QED) is 0.656. The van der Waals surface area contributed by atoms with Crippen LogP contribution in [0.25, 0.3) is 0 Å². The van der Waals surface area contributed by atoms with Crippen molar-refractivity contribution in [1.29, 1.82) is 0 Å². The van der Waals surface area contributed by atoms with E-state index in [2.05, 4.69) is 0 Å². The van der Waals surface area contributed by atoms with Crippen molar-refractivity contribution in [3.05, 3.63) is 23.8 Å². The first-order valence-corrected chi connectivity index (χ1v) is 5.52. The summed E-state index contributed by atoms with van der Waals surface area (Å²) in [6.45, 7) is -0.237. The van der Waals surface area contributed by atoms with Gasteiger partial charge in [-0.1, -0.05) is 6.07 Å². The highest BCUT2D eigenvalue weighted by atomic mass is 16.5. The van der Waals surface area contributed by atoms with Gasteiger partial charge in [0, 0.05) is 13.1 Å². The highest BCUT2D eigenvalue weighted by Crippen LogP contribution is 2.30. The third-order valence-corrected chi connectivity index (χ3v) is 2.48. The molecule has 0 saturated carbocycles. The van der Waals surface area contributed by atoms with Gasteiger partial charge in [-0.15, -0.1) is 0 Å². The van der Waals surface area contributed by atoms with Crippen molar-refractivity contribution in [2.45, 2.75) is 0 Å². The Morgan fingerprint density at radius 3 is 2.39 bits per heavy atom. The molecule has 18 heavy (non-hydrogen) atoms. The molecule has 6 heteroatoms. The Morgan fingerprint density at radius 1 is 1.28 bits per heavy atom. The number of benzene rings is 1. The Kier molecular flexibility index (Phi) is 5.41. The zero-order valence-electron chi connectivity index (χ0n) is 10.2. The number of phenolic OH excluding ortho intramolecular Hbond substituents is 1. The summed E-state index contributed by atoms with van der Waals surface area (Å²) in [4.78, 5) is 13.4. The van der Waals surface area contributed by atoms with Crippen LogP contribution in [0, 0.1) is 0 Å². The number of amides is 1. The van der Waals surface area contributed by atoms with E-state index in [9.17, 15) is 9.90 Å². The van der Waals surface area contributed by atoms with Gasteiger partial charge in [0.25, 0.3) is 5.91 Å². The lowest BCUT2D eigenvalue weighted by Crippen LogP contribution is -2.35. The number of carbonyl (C=O) groups excluding carboxylic acids is 1. The largest absolute Gasteiger partial charge is 0.504 e. The first-order chi connectivity index (χ1) is 8.65. The van der Waals surface area contributed by atoms with Crippen LogP contribution in [0.5, 0.6) is 11.5 Å². The summed E-state index contributed by atoms with van der Waals surface area (Å²) in [6, 6.07) is 4.58. The van der Waals surface area contributed by atoms with Gasteiger partial charge in [0.2, 0.25) is 0 Å². The Morgan fingerprint density at radius 2 is 1.89 bits per heavy atom. The van der Waals surface area contributed by atoms with Gasteiger partial charge in [0.05, 0.1) is 25.9 Å². The first kappa shape index (κ1) is 14.3. The molecule has 0 aliphatic heterocycles. The minimum atomic E-state index is -0.463. The van der Waals surface area contributed by atoms with Crippen LogP contribution in [0.2, 0.25) is 0 Å². The fourth-order valence-corrected chi connectivity index (χ4v) is 1.59. The fourth-order valence-electron chi connectivity index (χ4n) is 1.59. The maximum Gasteiger partial charge on any atom is 0.257 e. The zero-order valence-corrected chi connectivity index (χ0v) is 10.2. The van der Waals surface area contributed by atoms with Crippen molar-refractivity contribution in [2.24, 2.45) is 0 Å². The summed E-state index contributed by atoms with van der Waals surface area (Å²) < 4.78 is 4.92. The summed E-state index contributed by atoms with van der Waals surface area (Å²) in [7, 11) is 1.39. The summed E-state index contributed by atoms with van der Waals surface area (Å²) in [5.74, 6) is -0.505. The lowest BCUT2D eigenvalue weighted by atomic mass is 10.1. The molecule has 0 fully saturated rings. The van der Waals surface area contributed by atoms with Crippen LogP contribution in [0.4, 0.5) is 0 Å². The monoisotopic (exact) mass is 255 g/mol. The van der Waals surface area contributed by atoms with Gasteiger partial charge in [-0.3, -0.25) is 4.79 Å². The first-order valence-electron chi connectivity index (χ1n) is 5.52. The number of phenols is 1. The third-order valence-electron chi connectivity index (χ3n) is 2.48. The molecule has 1 aromatic carbocycles. The Hall–Kier alpha value is -1.79. The second kappa shape index (κ2) is 6.83. The molecular weight excluding hydrogens is 238 g/mol. The fraction of sp³-hybridized carbons (Fsp3) is 0.417. The molecule has 0 aliphatic rings. The smallest absolute Gasteiger partial charge is 0.257 e. The summed E-state index contributed by atoms with van der Waals surface area (Å²) in [5.41, 5.74) is 0.0799. The molecule has 0 aliphatic carbocycles. The number of aliphatic hydroxyl groups excluding tert-OH is 2. The normalized spacial score (nSPS) is 10.2. The standard InChI is InChI=1S/C12H17NO5/c1-18-10-4-2-3-9(11(10)16)12(17)13(5-7-14)6-8-15/h2-4,14-16H,5-8H2,1H3. The van der Waals surface area contributed by atoms with E-state index >= 15 is 0 Å². The molecule has 0 bridgehead atoms. The Labute approximate surface area is 105 Å². The third kappa shape index (κ3) is 3.12. The van der Waals surface area contributed by atoms with Crippen LogP contribution in [0.3, 0.4) is 0 Å². The topological polar surface area (TPSA) is 90.2 Å². The summed E-state index contributed by atoms with van der Waals surface area (Å²) in [5, 5.41) is 27.6. The molecule has 6 nitrogen and oxygen atoms in total. The van der Waals surface area contributed by atoms with E-state index in [-0.39, 0.29) is 43.4 Å². The molecule has 1 rings (SSSR count). The number of para-hydroxylation sites is 1. The van der Waals surface area contributed by atoms with Crippen molar-refractivity contribution >= 4 is 5.91 Å². The number of methoxy groups -OCH3 is 1. The van der Waals surface area contributed by atoms with Crippen molar-refractivity contribution < 1.29 is 24.9 Å². The number of nitrogens with zero attached hydrogens (tertiary/aromatic N) is 1. The van der Waals surface area contributed by atoms with Crippen LogP contribution in [-0.4, -0.2) is 59.5 Å². The van der Waals surface area contributed by atoms with Crippen molar-refractivity contribution in [3.8, 4) is 11.5 Å². The zero-order chi connectivity index (χ0) is 13.5. The van der Waals surface area contributed by atoms with E-state index in [1.807, 2.05) is 0 Å². The average Bonchev–Trinajstić information content (AvgIpc) is 2.38. The van der Waals surface area contributed by atoms with Gasteiger partial charge >= 0.3 is 0 Å². The average molecular weight is 255 g/mol. The molecule has 1 amide bonds. The van der Waals surface area contributed by atoms with E-state index in [4.69, 9.17) is 14.9 Å². The van der Waals surface area contributed by atoms with E-state index < -0.39 is 5.91 Å². The Bertz CT molecular complexity index is 401. The lowest BCUT2D eigenvalue weighted by molar-refractivity contribution is 0.0681. The van der Waals surface area contributed by atoms with E-state index in [1.165, 1.54) is 24.1 Å². The minimum absolute atomic E-state index is 0.0799. The Balaban J connectivity index is 3.00. The highest BCUT2D eigenvalue weighted by Gasteiger charge is 2.20. The van der Waals surface area contributed by atoms with Gasteiger partial charge in [-0.2, -0.15) is 0 Å². The molecule has 0 aromatic heterocycles. The molecule has 3 N–H and O–H groups in total. The molecule has 0 spiro atoms. The van der Waals surface area contributed by atoms with Crippen molar-refractivity contribution in [1.82, 2.24) is 4.90 Å². The molecule has 0 radical (unpaired) electrons. The number of aromatic hydroxyl groups is 1. The van der Waals surface area contributed by atoms with Gasteiger partial charge in [0.1, 0.15) is 0 Å². The van der Waals surface area contributed by atoms with Crippen molar-refractivity contribution in [2.75, 3.05) is 33.4 Å². The van der Waals surface area contributed by atoms with E-state index in [1.54, 1.807) is 6.07 Å². The van der Waals surface area contributed by atoms with Crippen LogP contribution >= 0.6 is 0 Å². The van der Waals surface area contributed by atoms with Crippen LogP contribution in [0.1, 0.15) is 10.4 Å². The SMILES string of the molecule is COc1cccc(C(=O)N(CCO)CCO)c1O. The summed E-state index contributed by atoms with van der Waals surface area (Å²) >= 11 is 0. The van der Waals surface area contributed by atoms with Crippen LogP contribution < -0.4 is 4.74 Å². The molecule has 0 saturated heterocycles. The predicted molar refractivity (Wildman–Crippen MR) is 64.7 cm³/mol. The molecule has 100 valence electrons.